The van der Waals surface area contributed by atoms with Crippen molar-refractivity contribution >= 4 is 29.7 Å². The predicted molar refractivity (Wildman–Crippen MR) is 102 cm³/mol. The third-order valence-electron chi connectivity index (χ3n) is 3.93. The number of carboxylic acids is 2. The summed E-state index contributed by atoms with van der Waals surface area (Å²) in [7, 11) is 0. The molecular weight excluding hydrogens is 400 g/mol. The zero-order chi connectivity index (χ0) is 22.7. The van der Waals surface area contributed by atoms with Crippen molar-refractivity contribution in [3.8, 4) is 0 Å². The molecule has 164 valence electrons. The number of nitrogens with one attached hydrogen (secondary N) is 3. The summed E-state index contributed by atoms with van der Waals surface area (Å²) >= 11 is 0. The topological polar surface area (TPSA) is 208 Å². The first kappa shape index (κ1) is 24.5. The standard InChI is InChI=1S/C18H24N4O8/c19-8-14(24)20-13(9-23)17(28)21-11(7-15(25)26)16(27)22-12(18(29)30)6-10-4-2-1-3-5-10/h1-5,11-13,23H,6-9,19H2,(H,20,24)(H,21,28)(H,22,27)(H,25,26)(H,29,30). The second-order valence-electron chi connectivity index (χ2n) is 6.25. The number of rotatable bonds is 12. The molecule has 3 atom stereocenters. The van der Waals surface area contributed by atoms with Crippen LogP contribution < -0.4 is 21.7 Å². The van der Waals surface area contributed by atoms with Gasteiger partial charge in [-0.3, -0.25) is 19.2 Å². The molecule has 0 heterocycles. The van der Waals surface area contributed by atoms with Crippen LogP contribution in [0.25, 0.3) is 0 Å². The summed E-state index contributed by atoms with van der Waals surface area (Å²) in [5.74, 6) is -5.61. The molecule has 8 N–H and O–H groups in total. The second kappa shape index (κ2) is 12.1. The van der Waals surface area contributed by atoms with Crippen molar-refractivity contribution in [1.29, 1.82) is 0 Å². The molecule has 0 radical (unpaired) electrons. The van der Waals surface area contributed by atoms with E-state index in [4.69, 9.17) is 10.8 Å². The van der Waals surface area contributed by atoms with Gasteiger partial charge >= 0.3 is 11.9 Å². The van der Waals surface area contributed by atoms with Crippen LogP contribution in [0.15, 0.2) is 30.3 Å². The van der Waals surface area contributed by atoms with Gasteiger partial charge in [0, 0.05) is 6.42 Å². The Labute approximate surface area is 171 Å². The molecule has 0 bridgehead atoms. The lowest BCUT2D eigenvalue weighted by Crippen LogP contribution is -2.57. The van der Waals surface area contributed by atoms with E-state index in [1.807, 2.05) is 0 Å². The number of aliphatic hydroxyl groups is 1. The van der Waals surface area contributed by atoms with E-state index < -0.39 is 67.4 Å². The second-order valence-corrected chi connectivity index (χ2v) is 6.25. The third kappa shape index (κ3) is 8.24. The molecule has 0 aromatic heterocycles. The Morgan fingerprint density at radius 1 is 0.867 bits per heavy atom. The lowest BCUT2D eigenvalue weighted by molar-refractivity contribution is -0.143. The number of aliphatic carboxylic acids is 2. The highest BCUT2D eigenvalue weighted by Crippen LogP contribution is 2.05. The lowest BCUT2D eigenvalue weighted by atomic mass is 10.0. The summed E-state index contributed by atoms with van der Waals surface area (Å²) in [6.45, 7) is -1.28. The Morgan fingerprint density at radius 2 is 1.43 bits per heavy atom. The molecule has 1 aromatic rings. The van der Waals surface area contributed by atoms with Gasteiger partial charge in [-0.15, -0.1) is 0 Å². The van der Waals surface area contributed by atoms with E-state index in [-0.39, 0.29) is 6.42 Å². The maximum Gasteiger partial charge on any atom is 0.326 e. The van der Waals surface area contributed by atoms with Crippen LogP contribution in [0.4, 0.5) is 0 Å². The molecular formula is C18H24N4O8. The Bertz CT molecular complexity index is 771. The van der Waals surface area contributed by atoms with Crippen molar-refractivity contribution in [2.75, 3.05) is 13.2 Å². The van der Waals surface area contributed by atoms with Gasteiger partial charge < -0.3 is 37.0 Å². The molecule has 0 spiro atoms. The zero-order valence-corrected chi connectivity index (χ0v) is 15.9. The molecule has 30 heavy (non-hydrogen) atoms. The summed E-state index contributed by atoms with van der Waals surface area (Å²) in [5.41, 5.74) is 5.73. The number of hydrogen-bond donors (Lipinski definition) is 7. The number of nitrogens with two attached hydrogens (primary N) is 1. The van der Waals surface area contributed by atoms with Gasteiger partial charge in [0.2, 0.25) is 17.7 Å². The zero-order valence-electron chi connectivity index (χ0n) is 15.9. The molecule has 0 fully saturated rings. The smallest absolute Gasteiger partial charge is 0.326 e. The van der Waals surface area contributed by atoms with E-state index in [1.54, 1.807) is 30.3 Å². The number of carbonyl (C=O) groups is 5. The number of aliphatic hydroxyl groups excluding tert-OH is 1. The highest BCUT2D eigenvalue weighted by atomic mass is 16.4. The van der Waals surface area contributed by atoms with Gasteiger partial charge in [-0.05, 0) is 5.56 Å². The van der Waals surface area contributed by atoms with E-state index >= 15 is 0 Å². The van der Waals surface area contributed by atoms with E-state index in [9.17, 15) is 34.2 Å². The minimum Gasteiger partial charge on any atom is -0.481 e. The average Bonchev–Trinajstić information content (AvgIpc) is 2.70. The first-order valence-electron chi connectivity index (χ1n) is 8.87. The Hall–Kier alpha value is -3.51. The molecule has 0 aliphatic heterocycles. The van der Waals surface area contributed by atoms with Crippen LogP contribution in [-0.4, -0.2) is 76.3 Å². The SMILES string of the molecule is NCC(=O)NC(CO)C(=O)NC(CC(=O)O)C(=O)NC(Cc1ccccc1)C(=O)O. The fourth-order valence-electron chi connectivity index (χ4n) is 2.43. The predicted octanol–water partition coefficient (Wildman–Crippen LogP) is -2.81. The van der Waals surface area contributed by atoms with Gasteiger partial charge in [-0.25, -0.2) is 4.79 Å². The monoisotopic (exact) mass is 424 g/mol. The van der Waals surface area contributed by atoms with E-state index in [1.165, 1.54) is 0 Å². The largest absolute Gasteiger partial charge is 0.481 e. The summed E-state index contributed by atoms with van der Waals surface area (Å²) in [6, 6.07) is 3.94. The highest BCUT2D eigenvalue weighted by molar-refractivity contribution is 5.95. The fraction of sp³-hybridized carbons (Fsp3) is 0.389. The molecule has 0 saturated carbocycles. The minimum atomic E-state index is -1.64. The van der Waals surface area contributed by atoms with E-state index in [0.29, 0.717) is 5.56 Å². The Kier molecular flexibility index (Phi) is 9.92. The number of hydrogen-bond acceptors (Lipinski definition) is 7. The van der Waals surface area contributed by atoms with Crippen molar-refractivity contribution in [2.45, 2.75) is 31.0 Å². The van der Waals surface area contributed by atoms with Gasteiger partial charge in [0.05, 0.1) is 19.6 Å². The number of carboxylic acid groups (broad SMARTS) is 2. The summed E-state index contributed by atoms with van der Waals surface area (Å²) < 4.78 is 0. The van der Waals surface area contributed by atoms with Crippen LogP contribution in [-0.2, 0) is 30.4 Å². The van der Waals surface area contributed by atoms with Gasteiger partial charge in [0.15, 0.2) is 0 Å². The summed E-state index contributed by atoms with van der Waals surface area (Å²) in [4.78, 5) is 58.6. The van der Waals surface area contributed by atoms with Gasteiger partial charge in [0.1, 0.15) is 18.1 Å². The van der Waals surface area contributed by atoms with Crippen LogP contribution >= 0.6 is 0 Å². The maximum atomic E-state index is 12.5. The normalized spacial score (nSPS) is 13.4. The Balaban J connectivity index is 2.90. The average molecular weight is 424 g/mol. The third-order valence-corrected chi connectivity index (χ3v) is 3.93. The number of benzene rings is 1. The molecule has 0 aliphatic rings. The van der Waals surface area contributed by atoms with E-state index in [2.05, 4.69) is 16.0 Å². The van der Waals surface area contributed by atoms with E-state index in [0.717, 1.165) is 0 Å². The molecule has 12 nitrogen and oxygen atoms in total. The lowest BCUT2D eigenvalue weighted by Gasteiger charge is -2.23. The van der Waals surface area contributed by atoms with Crippen LogP contribution in [0.5, 0.6) is 0 Å². The molecule has 12 heteroatoms. The van der Waals surface area contributed by atoms with Crippen LogP contribution in [0.2, 0.25) is 0 Å². The van der Waals surface area contributed by atoms with Crippen molar-refractivity contribution < 1.29 is 39.3 Å². The van der Waals surface area contributed by atoms with Crippen LogP contribution in [0.1, 0.15) is 12.0 Å². The van der Waals surface area contributed by atoms with Gasteiger partial charge in [0.25, 0.3) is 0 Å². The van der Waals surface area contributed by atoms with Crippen molar-refractivity contribution in [3.63, 3.8) is 0 Å². The molecule has 1 aromatic carbocycles. The molecule has 3 amide bonds. The summed E-state index contributed by atoms with van der Waals surface area (Å²) in [5, 5.41) is 34.0. The molecule has 1 rings (SSSR count). The van der Waals surface area contributed by atoms with Gasteiger partial charge in [-0.1, -0.05) is 30.3 Å². The first-order valence-corrected chi connectivity index (χ1v) is 8.87. The minimum absolute atomic E-state index is 0.0680. The first-order chi connectivity index (χ1) is 14.2. The highest BCUT2D eigenvalue weighted by Gasteiger charge is 2.30. The van der Waals surface area contributed by atoms with Gasteiger partial charge in [-0.2, -0.15) is 0 Å². The summed E-state index contributed by atoms with van der Waals surface area (Å²) in [6.07, 6.45) is -0.917. The molecule has 3 unspecified atom stereocenters. The number of amides is 3. The van der Waals surface area contributed by atoms with Crippen LogP contribution in [0, 0.1) is 0 Å². The van der Waals surface area contributed by atoms with Crippen molar-refractivity contribution in [1.82, 2.24) is 16.0 Å². The van der Waals surface area contributed by atoms with Crippen LogP contribution in [0.3, 0.4) is 0 Å². The fourth-order valence-corrected chi connectivity index (χ4v) is 2.43. The van der Waals surface area contributed by atoms with Crippen molar-refractivity contribution in [3.05, 3.63) is 35.9 Å². The number of carbonyl (C=O) groups excluding carboxylic acids is 3. The Morgan fingerprint density at radius 3 is 1.93 bits per heavy atom. The maximum absolute atomic E-state index is 12.5. The molecule has 0 saturated heterocycles. The van der Waals surface area contributed by atoms with Crippen molar-refractivity contribution in [2.24, 2.45) is 5.73 Å². The molecule has 0 aliphatic carbocycles. The quantitative estimate of drug-likeness (QED) is 0.184.